The number of hydrogen-bond donors (Lipinski definition) is 1. The van der Waals surface area contributed by atoms with Crippen LogP contribution in [0.3, 0.4) is 0 Å². The largest absolute Gasteiger partial charge is 0.356 e. The van der Waals surface area contributed by atoms with Crippen LogP contribution < -0.4 is 5.32 Å². The summed E-state index contributed by atoms with van der Waals surface area (Å²) in [5.41, 5.74) is 0.172. The molecule has 0 aliphatic heterocycles. The van der Waals surface area contributed by atoms with E-state index in [0.29, 0.717) is 11.8 Å². The molecule has 18 heavy (non-hydrogen) atoms. The summed E-state index contributed by atoms with van der Waals surface area (Å²) >= 11 is 5.77. The molecule has 1 aliphatic carbocycles. The van der Waals surface area contributed by atoms with Crippen LogP contribution in [-0.4, -0.2) is 18.3 Å². The molecule has 0 radical (unpaired) electrons. The van der Waals surface area contributed by atoms with Crippen molar-refractivity contribution in [3.05, 3.63) is 0 Å². The van der Waals surface area contributed by atoms with Crippen LogP contribution in [0.15, 0.2) is 0 Å². The van der Waals surface area contributed by atoms with Gasteiger partial charge in [0.15, 0.2) is 0 Å². The first-order valence-corrected chi connectivity index (χ1v) is 7.84. The highest BCUT2D eigenvalue weighted by Crippen LogP contribution is 2.40. The van der Waals surface area contributed by atoms with Crippen molar-refractivity contribution in [1.82, 2.24) is 5.32 Å². The van der Waals surface area contributed by atoms with Gasteiger partial charge in [-0.15, -0.1) is 11.6 Å². The second kappa shape index (κ2) is 7.37. The first-order chi connectivity index (χ1) is 8.47. The van der Waals surface area contributed by atoms with Crippen LogP contribution >= 0.6 is 11.6 Å². The third-order valence-electron chi connectivity index (χ3n) is 4.26. The molecule has 106 valence electrons. The van der Waals surface area contributed by atoms with Crippen LogP contribution in [0.25, 0.3) is 0 Å². The van der Waals surface area contributed by atoms with Gasteiger partial charge in [0.1, 0.15) is 0 Å². The molecule has 1 saturated carbocycles. The predicted molar refractivity (Wildman–Crippen MR) is 77.9 cm³/mol. The normalized spacial score (nSPS) is 24.6. The van der Waals surface area contributed by atoms with Gasteiger partial charge in [0.05, 0.1) is 0 Å². The quantitative estimate of drug-likeness (QED) is 0.576. The monoisotopic (exact) mass is 273 g/mol. The molecule has 2 nitrogen and oxygen atoms in total. The lowest BCUT2D eigenvalue weighted by atomic mass is 9.68. The summed E-state index contributed by atoms with van der Waals surface area (Å²) in [5, 5.41) is 3.11. The minimum Gasteiger partial charge on any atom is -0.356 e. The van der Waals surface area contributed by atoms with Crippen LogP contribution in [0.1, 0.15) is 59.3 Å². The Labute approximate surface area is 117 Å². The first-order valence-electron chi connectivity index (χ1n) is 7.31. The Morgan fingerprint density at radius 3 is 2.78 bits per heavy atom. The van der Waals surface area contributed by atoms with Gasteiger partial charge in [-0.25, -0.2) is 0 Å². The Kier molecular flexibility index (Phi) is 6.48. The number of hydrogen-bond acceptors (Lipinski definition) is 1. The lowest BCUT2D eigenvalue weighted by molar-refractivity contribution is -0.130. The molecule has 0 aromatic rings. The minimum atomic E-state index is 0.172. The summed E-state index contributed by atoms with van der Waals surface area (Å²) in [6.45, 7) is 7.41. The Bertz CT molecular complexity index is 265. The van der Waals surface area contributed by atoms with E-state index in [0.717, 1.165) is 25.8 Å². The van der Waals surface area contributed by atoms with Crippen LogP contribution in [-0.2, 0) is 4.79 Å². The van der Waals surface area contributed by atoms with E-state index in [4.69, 9.17) is 11.6 Å². The van der Waals surface area contributed by atoms with E-state index in [1.54, 1.807) is 0 Å². The summed E-state index contributed by atoms with van der Waals surface area (Å²) in [6, 6.07) is 0. The molecule has 0 bridgehead atoms. The van der Waals surface area contributed by atoms with Gasteiger partial charge in [-0.05, 0) is 37.0 Å². The van der Waals surface area contributed by atoms with Gasteiger partial charge in [-0.1, -0.05) is 33.6 Å². The number of halogens is 1. The topological polar surface area (TPSA) is 29.1 Å². The fourth-order valence-electron chi connectivity index (χ4n) is 2.84. The maximum Gasteiger partial charge on any atom is 0.223 e. The van der Waals surface area contributed by atoms with E-state index >= 15 is 0 Å². The average Bonchev–Trinajstić information content (AvgIpc) is 2.33. The molecular weight excluding hydrogens is 246 g/mol. The Morgan fingerprint density at radius 2 is 2.17 bits per heavy atom. The zero-order chi connectivity index (χ0) is 13.6. The molecule has 1 fully saturated rings. The average molecular weight is 274 g/mol. The summed E-state index contributed by atoms with van der Waals surface area (Å²) in [6.07, 6.45) is 6.82. The highest BCUT2D eigenvalue weighted by Gasteiger charge is 2.36. The van der Waals surface area contributed by atoms with Gasteiger partial charge in [0.2, 0.25) is 5.91 Å². The number of amides is 1. The SMILES string of the molecule is CC(CCl)CCCNC(=O)C1CCCCC1(C)C. The number of carbonyl (C=O) groups is 1. The van der Waals surface area contributed by atoms with Gasteiger partial charge >= 0.3 is 0 Å². The maximum absolute atomic E-state index is 12.2. The van der Waals surface area contributed by atoms with Gasteiger partial charge in [-0.3, -0.25) is 4.79 Å². The van der Waals surface area contributed by atoms with Crippen LogP contribution in [0, 0.1) is 17.3 Å². The van der Waals surface area contributed by atoms with Gasteiger partial charge in [0, 0.05) is 18.3 Å². The third-order valence-corrected chi connectivity index (χ3v) is 4.79. The van der Waals surface area contributed by atoms with Crippen molar-refractivity contribution in [1.29, 1.82) is 0 Å². The van der Waals surface area contributed by atoms with Gasteiger partial charge in [0.25, 0.3) is 0 Å². The van der Waals surface area contributed by atoms with E-state index in [1.807, 2.05) is 0 Å². The zero-order valence-electron chi connectivity index (χ0n) is 12.1. The highest BCUT2D eigenvalue weighted by atomic mass is 35.5. The molecule has 1 aliphatic rings. The lowest BCUT2D eigenvalue weighted by Gasteiger charge is -2.37. The maximum atomic E-state index is 12.2. The van der Waals surface area contributed by atoms with Crippen LogP contribution in [0.2, 0.25) is 0 Å². The molecule has 2 unspecified atom stereocenters. The molecule has 3 heteroatoms. The zero-order valence-corrected chi connectivity index (χ0v) is 12.9. The molecule has 2 atom stereocenters. The van der Waals surface area contributed by atoms with E-state index < -0.39 is 0 Å². The minimum absolute atomic E-state index is 0.172. The fraction of sp³-hybridized carbons (Fsp3) is 0.933. The Balaban J connectivity index is 2.27. The molecule has 1 rings (SSSR count). The molecular formula is C15H28ClNO. The van der Waals surface area contributed by atoms with Crippen LogP contribution in [0.4, 0.5) is 0 Å². The molecule has 0 heterocycles. The highest BCUT2D eigenvalue weighted by molar-refractivity contribution is 6.18. The summed E-state index contributed by atoms with van der Waals surface area (Å²) in [7, 11) is 0. The van der Waals surface area contributed by atoms with Crippen molar-refractivity contribution >= 4 is 17.5 Å². The Morgan fingerprint density at radius 1 is 1.44 bits per heavy atom. The standard InChI is InChI=1S/C15H28ClNO/c1-12(11-16)7-6-10-17-14(18)13-8-4-5-9-15(13,2)3/h12-13H,4-11H2,1-3H3,(H,17,18). The summed E-state index contributed by atoms with van der Waals surface area (Å²) in [5.74, 6) is 1.73. The Hall–Kier alpha value is -0.240. The number of rotatable bonds is 6. The van der Waals surface area contributed by atoms with Crippen LogP contribution in [0.5, 0.6) is 0 Å². The number of carbonyl (C=O) groups excluding carboxylic acids is 1. The van der Waals surface area contributed by atoms with E-state index in [9.17, 15) is 4.79 Å². The number of alkyl halides is 1. The van der Waals surface area contributed by atoms with Crippen molar-refractivity contribution in [2.45, 2.75) is 59.3 Å². The van der Waals surface area contributed by atoms with Crippen molar-refractivity contribution in [2.24, 2.45) is 17.3 Å². The molecule has 1 amide bonds. The molecule has 0 spiro atoms. The van der Waals surface area contributed by atoms with Crippen molar-refractivity contribution in [3.8, 4) is 0 Å². The van der Waals surface area contributed by atoms with E-state index in [1.165, 1.54) is 19.3 Å². The molecule has 0 aromatic heterocycles. The summed E-state index contributed by atoms with van der Waals surface area (Å²) in [4.78, 5) is 12.2. The second-order valence-electron chi connectivity index (χ2n) is 6.48. The van der Waals surface area contributed by atoms with E-state index in [2.05, 4.69) is 26.1 Å². The summed E-state index contributed by atoms with van der Waals surface area (Å²) < 4.78 is 0. The predicted octanol–water partition coefficient (Wildman–Crippen LogP) is 3.97. The molecule has 0 saturated heterocycles. The fourth-order valence-corrected chi connectivity index (χ4v) is 3.00. The van der Waals surface area contributed by atoms with Crippen molar-refractivity contribution < 1.29 is 4.79 Å². The third kappa shape index (κ3) is 4.79. The molecule has 1 N–H and O–H groups in total. The van der Waals surface area contributed by atoms with Crippen molar-refractivity contribution in [3.63, 3.8) is 0 Å². The van der Waals surface area contributed by atoms with Crippen molar-refractivity contribution in [2.75, 3.05) is 12.4 Å². The smallest absolute Gasteiger partial charge is 0.223 e. The molecule has 0 aromatic carbocycles. The second-order valence-corrected chi connectivity index (χ2v) is 6.79. The van der Waals surface area contributed by atoms with E-state index in [-0.39, 0.29) is 17.2 Å². The lowest BCUT2D eigenvalue weighted by Crippen LogP contribution is -2.41. The van der Waals surface area contributed by atoms with Gasteiger partial charge in [-0.2, -0.15) is 0 Å². The number of nitrogens with one attached hydrogen (secondary N) is 1. The van der Waals surface area contributed by atoms with Gasteiger partial charge < -0.3 is 5.32 Å². The first kappa shape index (κ1) is 15.8.